The Morgan fingerprint density at radius 2 is 1.65 bits per heavy atom. The number of benzene rings is 2. The van der Waals surface area contributed by atoms with E-state index in [1.165, 1.54) is 12.1 Å². The molecule has 228 valence electrons. The molecule has 1 saturated heterocycles. The van der Waals surface area contributed by atoms with Gasteiger partial charge in [-0.25, -0.2) is 9.78 Å². The molecule has 13 heteroatoms. The molecule has 0 aliphatic carbocycles. The third-order valence-electron chi connectivity index (χ3n) is 6.16. The Kier molecular flexibility index (Phi) is 9.42. The number of halogens is 3. The van der Waals surface area contributed by atoms with E-state index in [-0.39, 0.29) is 23.8 Å². The second-order valence-electron chi connectivity index (χ2n) is 10.8. The number of rotatable bonds is 8. The zero-order chi connectivity index (χ0) is 31.2. The summed E-state index contributed by atoms with van der Waals surface area (Å²) >= 11 is 0. The van der Waals surface area contributed by atoms with Gasteiger partial charge in [0.15, 0.2) is 0 Å². The summed E-state index contributed by atoms with van der Waals surface area (Å²) in [7, 11) is 0. The monoisotopic (exact) mass is 598 g/mol. The highest BCUT2D eigenvalue weighted by Gasteiger charge is 2.35. The number of aromatic nitrogens is 2. The first kappa shape index (κ1) is 31.1. The number of piperidine rings is 1. The summed E-state index contributed by atoms with van der Waals surface area (Å²) in [6, 6.07) is 13.1. The van der Waals surface area contributed by atoms with Crippen molar-refractivity contribution in [2.75, 3.05) is 29.0 Å². The van der Waals surface area contributed by atoms with Crippen molar-refractivity contribution < 1.29 is 32.2 Å². The molecule has 3 aromatic rings. The van der Waals surface area contributed by atoms with Crippen molar-refractivity contribution in [1.82, 2.24) is 14.9 Å². The molecule has 2 heterocycles. The van der Waals surface area contributed by atoms with Gasteiger partial charge in [-0.05, 0) is 57.2 Å². The average molecular weight is 599 g/mol. The van der Waals surface area contributed by atoms with E-state index < -0.39 is 29.1 Å². The smallest absolute Gasteiger partial charge is 0.421 e. The van der Waals surface area contributed by atoms with Gasteiger partial charge in [0, 0.05) is 55.3 Å². The van der Waals surface area contributed by atoms with Crippen molar-refractivity contribution in [2.45, 2.75) is 51.5 Å². The molecule has 1 fully saturated rings. The minimum atomic E-state index is -4.72. The normalized spacial score (nSPS) is 14.0. The van der Waals surface area contributed by atoms with Crippen LogP contribution in [0.5, 0.6) is 5.75 Å². The first-order valence-electron chi connectivity index (χ1n) is 13.6. The molecule has 10 nitrogen and oxygen atoms in total. The van der Waals surface area contributed by atoms with Crippen LogP contribution in [0, 0.1) is 0 Å². The van der Waals surface area contributed by atoms with Crippen LogP contribution in [0.1, 0.15) is 39.2 Å². The maximum absolute atomic E-state index is 13.8. The number of hydrogen-bond acceptors (Lipinski definition) is 8. The Hall–Kier alpha value is -4.81. The van der Waals surface area contributed by atoms with Crippen LogP contribution in [0.15, 0.2) is 67.4 Å². The molecular formula is C30H33F3N6O4. The number of anilines is 5. The standard InChI is InChI=1S/C30H33F3N6O4/c1-5-25(40)35-19-8-6-9-20(16-19)36-26-24(30(31,32)33)18-34-27(38-26)37-21-10-7-11-23(17-21)42-22-12-14-39(15-13-22)28(41)43-29(2,3)4/h5-11,16-18,22H,1,12-15H2,2-4H3,(H,35,40)(H2,34,36,37,38). The number of hydrogen-bond donors (Lipinski definition) is 3. The Balaban J connectivity index is 1.44. The number of nitrogens with zero attached hydrogens (tertiary/aromatic N) is 3. The molecular weight excluding hydrogens is 565 g/mol. The van der Waals surface area contributed by atoms with Gasteiger partial charge in [0.25, 0.3) is 0 Å². The molecule has 43 heavy (non-hydrogen) atoms. The Morgan fingerprint density at radius 1 is 1.00 bits per heavy atom. The molecule has 1 aliphatic rings. The maximum atomic E-state index is 13.8. The Bertz CT molecular complexity index is 1470. The minimum Gasteiger partial charge on any atom is -0.490 e. The molecule has 0 spiro atoms. The van der Waals surface area contributed by atoms with E-state index >= 15 is 0 Å². The summed E-state index contributed by atoms with van der Waals surface area (Å²) in [5.74, 6) is -0.459. The first-order chi connectivity index (χ1) is 20.3. The van der Waals surface area contributed by atoms with Gasteiger partial charge in [-0.3, -0.25) is 4.79 Å². The van der Waals surface area contributed by atoms with Crippen LogP contribution in [0.25, 0.3) is 0 Å². The third kappa shape index (κ3) is 9.09. The summed E-state index contributed by atoms with van der Waals surface area (Å²) < 4.78 is 52.9. The molecule has 4 rings (SSSR count). The van der Waals surface area contributed by atoms with Gasteiger partial charge in [0.05, 0.1) is 0 Å². The first-order valence-corrected chi connectivity index (χ1v) is 13.6. The predicted molar refractivity (Wildman–Crippen MR) is 157 cm³/mol. The quantitative estimate of drug-likeness (QED) is 0.240. The summed E-state index contributed by atoms with van der Waals surface area (Å²) in [5.41, 5.74) is -0.494. The highest BCUT2D eigenvalue weighted by atomic mass is 19.4. The number of ether oxygens (including phenoxy) is 2. The van der Waals surface area contributed by atoms with E-state index in [4.69, 9.17) is 9.47 Å². The van der Waals surface area contributed by atoms with Crippen LogP contribution in [-0.2, 0) is 15.7 Å². The van der Waals surface area contributed by atoms with Crippen LogP contribution in [0.3, 0.4) is 0 Å². The molecule has 0 radical (unpaired) electrons. The lowest BCUT2D eigenvalue weighted by Gasteiger charge is -2.33. The molecule has 2 amide bonds. The van der Waals surface area contributed by atoms with Gasteiger partial charge in [-0.1, -0.05) is 18.7 Å². The van der Waals surface area contributed by atoms with E-state index in [9.17, 15) is 22.8 Å². The van der Waals surface area contributed by atoms with Gasteiger partial charge < -0.3 is 30.3 Å². The van der Waals surface area contributed by atoms with E-state index in [0.717, 1.165) is 6.08 Å². The number of carbonyl (C=O) groups is 2. The van der Waals surface area contributed by atoms with Gasteiger partial charge in [-0.15, -0.1) is 0 Å². The number of likely N-dealkylation sites (tertiary alicyclic amines) is 1. The van der Waals surface area contributed by atoms with Gasteiger partial charge in [0.2, 0.25) is 11.9 Å². The largest absolute Gasteiger partial charge is 0.490 e. The van der Waals surface area contributed by atoms with E-state index in [1.807, 2.05) is 20.8 Å². The highest BCUT2D eigenvalue weighted by Crippen LogP contribution is 2.36. The van der Waals surface area contributed by atoms with Crippen LogP contribution < -0.4 is 20.7 Å². The summed E-state index contributed by atoms with van der Waals surface area (Å²) in [6.07, 6.45) is -2.19. The number of nitrogens with one attached hydrogen (secondary N) is 3. The van der Waals surface area contributed by atoms with Gasteiger partial charge >= 0.3 is 12.3 Å². The molecule has 0 atom stereocenters. The predicted octanol–water partition coefficient (Wildman–Crippen LogP) is 6.89. The minimum absolute atomic E-state index is 0.0746. The lowest BCUT2D eigenvalue weighted by molar-refractivity contribution is -0.137. The lowest BCUT2D eigenvalue weighted by atomic mass is 10.1. The zero-order valence-corrected chi connectivity index (χ0v) is 24.0. The SMILES string of the molecule is C=CC(=O)Nc1cccc(Nc2nc(Nc3cccc(OC4CCN(C(=O)OC(C)(C)C)CC4)c3)ncc2C(F)(F)F)c1. The van der Waals surface area contributed by atoms with Crippen molar-refractivity contribution in [3.05, 3.63) is 72.9 Å². The van der Waals surface area contributed by atoms with Crippen molar-refractivity contribution in [3.8, 4) is 5.75 Å². The molecule has 2 aromatic carbocycles. The molecule has 1 aliphatic heterocycles. The van der Waals surface area contributed by atoms with Crippen LogP contribution >= 0.6 is 0 Å². The summed E-state index contributed by atoms with van der Waals surface area (Å²) in [6.45, 7) is 9.84. The van der Waals surface area contributed by atoms with E-state index in [1.54, 1.807) is 41.3 Å². The number of alkyl halides is 3. The lowest BCUT2D eigenvalue weighted by Crippen LogP contribution is -2.44. The molecule has 0 bridgehead atoms. The molecule has 0 unspecified atom stereocenters. The van der Waals surface area contributed by atoms with Crippen molar-refractivity contribution in [3.63, 3.8) is 0 Å². The Morgan fingerprint density at radius 3 is 2.30 bits per heavy atom. The molecule has 0 saturated carbocycles. The fourth-order valence-corrected chi connectivity index (χ4v) is 4.20. The summed E-state index contributed by atoms with van der Waals surface area (Å²) in [5, 5.41) is 8.16. The van der Waals surface area contributed by atoms with Crippen LogP contribution in [-0.4, -0.2) is 51.7 Å². The average Bonchev–Trinajstić information content (AvgIpc) is 2.92. The van der Waals surface area contributed by atoms with E-state index in [0.29, 0.717) is 49.3 Å². The van der Waals surface area contributed by atoms with Gasteiger partial charge in [-0.2, -0.15) is 18.2 Å². The topological polar surface area (TPSA) is 118 Å². The Labute approximate surface area is 247 Å². The number of carbonyl (C=O) groups excluding carboxylic acids is 2. The van der Waals surface area contributed by atoms with E-state index in [2.05, 4.69) is 32.5 Å². The van der Waals surface area contributed by atoms with Crippen molar-refractivity contribution in [2.24, 2.45) is 0 Å². The third-order valence-corrected chi connectivity index (χ3v) is 6.16. The highest BCUT2D eigenvalue weighted by molar-refractivity contribution is 5.99. The second-order valence-corrected chi connectivity index (χ2v) is 10.8. The maximum Gasteiger partial charge on any atom is 0.421 e. The number of amides is 2. The fraction of sp³-hybridized carbons (Fsp3) is 0.333. The van der Waals surface area contributed by atoms with Crippen molar-refractivity contribution in [1.29, 1.82) is 0 Å². The summed E-state index contributed by atoms with van der Waals surface area (Å²) in [4.78, 5) is 33.5. The van der Waals surface area contributed by atoms with Crippen LogP contribution in [0.4, 0.5) is 46.8 Å². The second kappa shape index (κ2) is 13.0. The fourth-order valence-electron chi connectivity index (χ4n) is 4.20. The van der Waals surface area contributed by atoms with Crippen LogP contribution in [0.2, 0.25) is 0 Å². The zero-order valence-electron chi connectivity index (χ0n) is 24.0. The molecule has 3 N–H and O–H groups in total. The molecule has 1 aromatic heterocycles. The van der Waals surface area contributed by atoms with Crippen molar-refractivity contribution >= 4 is 40.8 Å². The van der Waals surface area contributed by atoms with Gasteiger partial charge in [0.1, 0.15) is 28.8 Å².